The maximum Gasteiger partial charge on any atom is 0 e. The third-order valence-electron chi connectivity index (χ3n) is 3.50. The van der Waals surface area contributed by atoms with Crippen LogP contribution in [0.15, 0.2) is 55.0 Å². The molecule has 0 aliphatic carbocycles. The average molecular weight is 402 g/mol. The van der Waals surface area contributed by atoms with Crippen LogP contribution >= 0.6 is 0 Å². The van der Waals surface area contributed by atoms with E-state index in [4.69, 9.17) is 0 Å². The standard InChI is InChI=1S/3C6H6N.Li.Sn/c3*1-6-3-2-4-7-5-6;;/h3*2-3,5H,1H3;;. The summed E-state index contributed by atoms with van der Waals surface area (Å²) in [7, 11) is 0. The largest absolute Gasteiger partial charge is 0 e. The van der Waals surface area contributed by atoms with Crippen LogP contribution in [0.25, 0.3) is 0 Å². The summed E-state index contributed by atoms with van der Waals surface area (Å²) in [6, 6.07) is 12.8. The van der Waals surface area contributed by atoms with Gasteiger partial charge in [0, 0.05) is 18.9 Å². The van der Waals surface area contributed by atoms with E-state index in [0.717, 1.165) is 0 Å². The summed E-state index contributed by atoms with van der Waals surface area (Å²) in [6.07, 6.45) is 5.83. The van der Waals surface area contributed by atoms with Crippen LogP contribution in [0, 0.1) is 20.8 Å². The second-order valence-corrected chi connectivity index (χ2v) is 12.1. The molecule has 110 valence electrons. The molecular formula is C18H18LiN3Sn. The van der Waals surface area contributed by atoms with E-state index >= 15 is 0 Å². The van der Waals surface area contributed by atoms with Gasteiger partial charge in [0.15, 0.2) is 0 Å². The molecule has 2 radical (unpaired) electrons. The number of nitrogens with zero attached hydrogens (tertiary/aromatic N) is 3. The fraction of sp³-hybridized carbons (Fsp3) is 0.167. The zero-order valence-electron chi connectivity index (χ0n) is 14.0. The molecule has 0 N–H and O–H groups in total. The molecule has 3 aromatic heterocycles. The Hall–Kier alpha value is -1.15. The molecule has 0 saturated carbocycles. The van der Waals surface area contributed by atoms with E-state index in [1.54, 1.807) is 0 Å². The molecule has 3 rings (SSSR count). The molecule has 0 aliphatic rings. The molecule has 3 aromatic rings. The Labute approximate surface area is 156 Å². The van der Waals surface area contributed by atoms with Crippen molar-refractivity contribution in [2.75, 3.05) is 0 Å². The normalized spacial score (nSPS) is 10.4. The minimum atomic E-state index is -2.40. The summed E-state index contributed by atoms with van der Waals surface area (Å²) >= 11 is -2.40. The third-order valence-corrected chi connectivity index (χ3v) is 10.4. The predicted molar refractivity (Wildman–Crippen MR) is 97.3 cm³/mol. The summed E-state index contributed by atoms with van der Waals surface area (Å²) in [6.45, 7) is 6.19. The molecule has 0 amide bonds. The topological polar surface area (TPSA) is 38.7 Å². The van der Waals surface area contributed by atoms with Gasteiger partial charge in [-0.25, -0.2) is 0 Å². The van der Waals surface area contributed by atoms with Gasteiger partial charge in [-0.2, -0.15) is 0 Å². The smallest absolute Gasteiger partial charge is 0 e. The van der Waals surface area contributed by atoms with Gasteiger partial charge in [-0.15, -0.1) is 0 Å². The number of rotatable bonds is 3. The van der Waals surface area contributed by atoms with Crippen LogP contribution in [0.2, 0.25) is 0 Å². The van der Waals surface area contributed by atoms with E-state index in [2.05, 4.69) is 72.1 Å². The minimum absolute atomic E-state index is 0. The minimum Gasteiger partial charge on any atom is 0 e. The quantitative estimate of drug-likeness (QED) is 0.613. The van der Waals surface area contributed by atoms with Crippen molar-refractivity contribution in [1.82, 2.24) is 15.0 Å². The van der Waals surface area contributed by atoms with Gasteiger partial charge in [-0.3, -0.25) is 0 Å². The van der Waals surface area contributed by atoms with E-state index < -0.39 is 19.8 Å². The van der Waals surface area contributed by atoms with Crippen molar-refractivity contribution >= 4 is 49.7 Å². The van der Waals surface area contributed by atoms with Crippen molar-refractivity contribution in [2.45, 2.75) is 20.8 Å². The molecule has 23 heavy (non-hydrogen) atoms. The second kappa shape index (κ2) is 8.10. The maximum absolute atomic E-state index is 4.68. The van der Waals surface area contributed by atoms with Gasteiger partial charge >= 0.3 is 138 Å². The van der Waals surface area contributed by atoms with Crippen molar-refractivity contribution in [3.8, 4) is 0 Å². The molecule has 3 nitrogen and oxygen atoms in total. The van der Waals surface area contributed by atoms with E-state index in [-0.39, 0.29) is 18.9 Å². The summed E-state index contributed by atoms with van der Waals surface area (Å²) in [4.78, 5) is 14.1. The zero-order valence-corrected chi connectivity index (χ0v) is 16.9. The van der Waals surface area contributed by atoms with Crippen LogP contribution in [-0.2, 0) is 0 Å². The van der Waals surface area contributed by atoms with Crippen LogP contribution in [0.3, 0.4) is 0 Å². The van der Waals surface area contributed by atoms with Crippen molar-refractivity contribution in [3.63, 3.8) is 0 Å². The van der Waals surface area contributed by atoms with Crippen LogP contribution in [0.4, 0.5) is 0 Å². The first kappa shape index (κ1) is 18.2. The number of aromatic nitrogens is 3. The van der Waals surface area contributed by atoms with Gasteiger partial charge in [-0.1, -0.05) is 0 Å². The van der Waals surface area contributed by atoms with E-state index in [9.17, 15) is 0 Å². The third kappa shape index (κ3) is 4.44. The Kier molecular flexibility index (Phi) is 6.40. The first-order chi connectivity index (χ1) is 10.6. The monoisotopic (exact) mass is 403 g/mol. The Morgan fingerprint density at radius 3 is 1.09 bits per heavy atom. The SMILES string of the molecule is Cc1cc[c]([Sn]([c]2ccc(C)cn2)[c]2ccc(C)cn2)nc1.[Li]. The summed E-state index contributed by atoms with van der Waals surface area (Å²) in [5.41, 5.74) is 3.54. The first-order valence-corrected chi connectivity index (χ1v) is 11.6. The number of hydrogen-bond acceptors (Lipinski definition) is 3. The number of hydrogen-bond donors (Lipinski definition) is 0. The van der Waals surface area contributed by atoms with Gasteiger partial charge < -0.3 is 0 Å². The fourth-order valence-electron chi connectivity index (χ4n) is 2.24. The number of pyridine rings is 3. The van der Waals surface area contributed by atoms with Gasteiger partial charge in [0.25, 0.3) is 0 Å². The van der Waals surface area contributed by atoms with Gasteiger partial charge in [0.05, 0.1) is 0 Å². The Morgan fingerprint density at radius 2 is 0.870 bits per heavy atom. The fourth-order valence-corrected chi connectivity index (χ4v) is 8.29. The van der Waals surface area contributed by atoms with E-state index in [1.807, 2.05) is 18.6 Å². The summed E-state index contributed by atoms with van der Waals surface area (Å²) in [5.74, 6) is 0. The summed E-state index contributed by atoms with van der Waals surface area (Å²) in [5, 5.41) is 0. The first-order valence-electron chi connectivity index (χ1n) is 7.29. The average Bonchev–Trinajstić information content (AvgIpc) is 2.53. The maximum atomic E-state index is 4.68. The van der Waals surface area contributed by atoms with Crippen molar-refractivity contribution in [2.24, 2.45) is 0 Å². The molecule has 0 aromatic carbocycles. The number of aryl methyl sites for hydroxylation is 3. The van der Waals surface area contributed by atoms with Crippen LogP contribution in [0.1, 0.15) is 16.7 Å². The van der Waals surface area contributed by atoms with Crippen LogP contribution < -0.4 is 11.1 Å². The van der Waals surface area contributed by atoms with Crippen LogP contribution in [0.5, 0.6) is 0 Å². The summed E-state index contributed by atoms with van der Waals surface area (Å²) < 4.78 is 3.50. The molecule has 0 atom stereocenters. The van der Waals surface area contributed by atoms with Gasteiger partial charge in [0.1, 0.15) is 0 Å². The molecule has 3 heterocycles. The van der Waals surface area contributed by atoms with Crippen molar-refractivity contribution in [1.29, 1.82) is 0 Å². The predicted octanol–water partition coefficient (Wildman–Crippen LogP) is 0.932. The molecule has 0 spiro atoms. The molecule has 0 saturated heterocycles. The Bertz CT molecular complexity index is 648. The van der Waals surface area contributed by atoms with E-state index in [1.165, 1.54) is 27.8 Å². The Balaban J connectivity index is 0.00000192. The van der Waals surface area contributed by atoms with E-state index in [0.29, 0.717) is 0 Å². The molecular weight excluding hydrogens is 384 g/mol. The van der Waals surface area contributed by atoms with Gasteiger partial charge in [-0.05, 0) is 0 Å². The van der Waals surface area contributed by atoms with Crippen molar-refractivity contribution in [3.05, 3.63) is 71.7 Å². The molecule has 0 fully saturated rings. The van der Waals surface area contributed by atoms with Crippen molar-refractivity contribution < 1.29 is 0 Å². The second-order valence-electron chi connectivity index (χ2n) is 5.54. The van der Waals surface area contributed by atoms with Crippen LogP contribution in [-0.4, -0.2) is 53.6 Å². The molecule has 0 unspecified atom stereocenters. The Morgan fingerprint density at radius 1 is 0.565 bits per heavy atom. The molecule has 5 heteroatoms. The molecule has 0 aliphatic heterocycles. The molecule has 0 bridgehead atoms. The van der Waals surface area contributed by atoms with Gasteiger partial charge in [0.2, 0.25) is 0 Å². The zero-order chi connectivity index (χ0) is 15.5.